The van der Waals surface area contributed by atoms with Gasteiger partial charge in [-0.05, 0) is 5.56 Å². The number of amides is 1. The highest BCUT2D eigenvalue weighted by Gasteiger charge is 2.31. The van der Waals surface area contributed by atoms with Crippen LogP contribution in [0.15, 0.2) is 24.3 Å². The van der Waals surface area contributed by atoms with Crippen LogP contribution in [0.1, 0.15) is 12.0 Å². The van der Waals surface area contributed by atoms with E-state index in [0.717, 1.165) is 0 Å². The first kappa shape index (κ1) is 14.0. The SMILES string of the molecule is O=C(O)CC1CN(C(=O)Cc2cccc([N+](=O)[O-])c2)C1. The molecular formula is C13H14N2O5. The number of carboxylic acid groups (broad SMARTS) is 1. The van der Waals surface area contributed by atoms with E-state index in [9.17, 15) is 19.7 Å². The van der Waals surface area contributed by atoms with Gasteiger partial charge >= 0.3 is 5.97 Å². The van der Waals surface area contributed by atoms with Gasteiger partial charge < -0.3 is 10.0 Å². The van der Waals surface area contributed by atoms with E-state index in [2.05, 4.69) is 0 Å². The smallest absolute Gasteiger partial charge is 0.303 e. The summed E-state index contributed by atoms with van der Waals surface area (Å²) < 4.78 is 0. The molecule has 0 aromatic heterocycles. The lowest BCUT2D eigenvalue weighted by atomic mass is 9.95. The molecule has 0 atom stereocenters. The summed E-state index contributed by atoms with van der Waals surface area (Å²) in [4.78, 5) is 34.1. The number of carbonyl (C=O) groups is 2. The van der Waals surface area contributed by atoms with Crippen LogP contribution in [-0.2, 0) is 16.0 Å². The number of carbonyl (C=O) groups excluding carboxylic acids is 1. The molecular weight excluding hydrogens is 264 g/mol. The minimum absolute atomic E-state index is 0.0153. The maximum absolute atomic E-state index is 11.9. The number of hydrogen-bond acceptors (Lipinski definition) is 4. The van der Waals surface area contributed by atoms with E-state index in [1.165, 1.54) is 12.1 Å². The summed E-state index contributed by atoms with van der Waals surface area (Å²) in [6, 6.07) is 5.97. The summed E-state index contributed by atoms with van der Waals surface area (Å²) >= 11 is 0. The fraction of sp³-hybridized carbons (Fsp3) is 0.385. The normalized spacial score (nSPS) is 14.7. The van der Waals surface area contributed by atoms with Crippen LogP contribution in [0.4, 0.5) is 5.69 Å². The van der Waals surface area contributed by atoms with Crippen LogP contribution in [0.3, 0.4) is 0 Å². The predicted octanol–water partition coefficient (Wildman–Crippen LogP) is 1.07. The molecule has 1 aromatic rings. The molecule has 1 aliphatic heterocycles. The van der Waals surface area contributed by atoms with Crippen molar-refractivity contribution < 1.29 is 19.6 Å². The van der Waals surface area contributed by atoms with E-state index in [1.54, 1.807) is 17.0 Å². The molecule has 1 aliphatic rings. The fourth-order valence-electron chi connectivity index (χ4n) is 2.22. The lowest BCUT2D eigenvalue weighted by Gasteiger charge is -2.38. The molecule has 0 saturated carbocycles. The molecule has 106 valence electrons. The number of nitrogens with zero attached hydrogens (tertiary/aromatic N) is 2. The van der Waals surface area contributed by atoms with Crippen LogP contribution in [-0.4, -0.2) is 39.9 Å². The average molecular weight is 278 g/mol. The van der Waals surface area contributed by atoms with Gasteiger partial charge in [0.25, 0.3) is 5.69 Å². The van der Waals surface area contributed by atoms with Crippen LogP contribution in [0.5, 0.6) is 0 Å². The summed E-state index contributed by atoms with van der Waals surface area (Å²) in [5.74, 6) is -0.977. The first-order valence-electron chi connectivity index (χ1n) is 6.18. The number of rotatable bonds is 5. The number of aliphatic carboxylic acids is 1. The molecule has 1 fully saturated rings. The van der Waals surface area contributed by atoms with Gasteiger partial charge in [0, 0.05) is 31.1 Å². The first-order chi connectivity index (χ1) is 9.45. The highest BCUT2D eigenvalue weighted by Crippen LogP contribution is 2.21. The third kappa shape index (κ3) is 3.31. The Labute approximate surface area is 115 Å². The third-order valence-corrected chi connectivity index (χ3v) is 3.25. The highest BCUT2D eigenvalue weighted by atomic mass is 16.6. The van der Waals surface area contributed by atoms with Crippen molar-refractivity contribution in [1.82, 2.24) is 4.90 Å². The van der Waals surface area contributed by atoms with E-state index in [1.807, 2.05) is 0 Å². The van der Waals surface area contributed by atoms with Crippen LogP contribution >= 0.6 is 0 Å². The maximum Gasteiger partial charge on any atom is 0.303 e. The molecule has 0 spiro atoms. The zero-order valence-electron chi connectivity index (χ0n) is 10.7. The second-order valence-corrected chi connectivity index (χ2v) is 4.87. The summed E-state index contributed by atoms with van der Waals surface area (Å²) in [6.07, 6.45) is 0.169. The lowest BCUT2D eigenvalue weighted by Crippen LogP contribution is -2.51. The number of nitro benzene ring substituents is 1. The van der Waals surface area contributed by atoms with Crippen molar-refractivity contribution in [2.45, 2.75) is 12.8 Å². The first-order valence-corrected chi connectivity index (χ1v) is 6.18. The minimum atomic E-state index is -0.860. The van der Waals surface area contributed by atoms with E-state index >= 15 is 0 Å². The molecule has 1 heterocycles. The quantitative estimate of drug-likeness (QED) is 0.641. The van der Waals surface area contributed by atoms with Gasteiger partial charge in [-0.3, -0.25) is 19.7 Å². The Morgan fingerprint density at radius 2 is 2.10 bits per heavy atom. The van der Waals surface area contributed by atoms with Gasteiger partial charge in [0.15, 0.2) is 0 Å². The maximum atomic E-state index is 11.9. The summed E-state index contributed by atoms with van der Waals surface area (Å²) in [5.41, 5.74) is 0.550. The second-order valence-electron chi connectivity index (χ2n) is 4.87. The number of benzene rings is 1. The van der Waals surface area contributed by atoms with Crippen LogP contribution in [0, 0.1) is 16.0 Å². The monoisotopic (exact) mass is 278 g/mol. The Balaban J connectivity index is 1.88. The van der Waals surface area contributed by atoms with E-state index in [0.29, 0.717) is 18.7 Å². The summed E-state index contributed by atoms with van der Waals surface area (Å²) in [5, 5.41) is 19.3. The Hall–Kier alpha value is -2.44. The molecule has 1 amide bonds. The molecule has 20 heavy (non-hydrogen) atoms. The van der Waals surface area contributed by atoms with E-state index in [-0.39, 0.29) is 30.4 Å². The topological polar surface area (TPSA) is 101 Å². The zero-order chi connectivity index (χ0) is 14.7. The molecule has 1 N–H and O–H groups in total. The Morgan fingerprint density at radius 1 is 1.40 bits per heavy atom. The van der Waals surface area contributed by atoms with Gasteiger partial charge in [-0.2, -0.15) is 0 Å². The molecule has 2 rings (SSSR count). The van der Waals surface area contributed by atoms with Crippen molar-refractivity contribution in [3.05, 3.63) is 39.9 Å². The Kier molecular flexibility index (Phi) is 3.97. The van der Waals surface area contributed by atoms with Gasteiger partial charge in [-0.25, -0.2) is 0 Å². The third-order valence-electron chi connectivity index (χ3n) is 3.25. The summed E-state index contributed by atoms with van der Waals surface area (Å²) in [7, 11) is 0. The second kappa shape index (κ2) is 5.68. The number of carboxylic acids is 1. The van der Waals surface area contributed by atoms with Crippen LogP contribution in [0.2, 0.25) is 0 Å². The van der Waals surface area contributed by atoms with Crippen LogP contribution in [0.25, 0.3) is 0 Å². The highest BCUT2D eigenvalue weighted by molar-refractivity contribution is 5.80. The number of non-ortho nitro benzene ring substituents is 1. The van der Waals surface area contributed by atoms with E-state index < -0.39 is 10.9 Å². The fourth-order valence-corrected chi connectivity index (χ4v) is 2.22. The molecule has 0 radical (unpaired) electrons. The number of likely N-dealkylation sites (tertiary alicyclic amines) is 1. The zero-order valence-corrected chi connectivity index (χ0v) is 10.7. The molecule has 0 unspecified atom stereocenters. The van der Waals surface area contributed by atoms with Gasteiger partial charge in [-0.15, -0.1) is 0 Å². The van der Waals surface area contributed by atoms with Crippen molar-refractivity contribution in [1.29, 1.82) is 0 Å². The molecule has 0 bridgehead atoms. The number of nitro groups is 1. The van der Waals surface area contributed by atoms with Gasteiger partial charge in [-0.1, -0.05) is 12.1 Å². The number of hydrogen-bond donors (Lipinski definition) is 1. The average Bonchev–Trinajstić information content (AvgIpc) is 2.33. The molecule has 1 saturated heterocycles. The van der Waals surface area contributed by atoms with Gasteiger partial charge in [0.1, 0.15) is 0 Å². The van der Waals surface area contributed by atoms with Gasteiger partial charge in [0.2, 0.25) is 5.91 Å². The van der Waals surface area contributed by atoms with Crippen LogP contribution < -0.4 is 0 Å². The molecule has 1 aromatic carbocycles. The predicted molar refractivity (Wildman–Crippen MR) is 69.1 cm³/mol. The van der Waals surface area contributed by atoms with E-state index in [4.69, 9.17) is 5.11 Å². The summed E-state index contributed by atoms with van der Waals surface area (Å²) in [6.45, 7) is 0.889. The van der Waals surface area contributed by atoms with Crippen molar-refractivity contribution in [2.24, 2.45) is 5.92 Å². The standard InChI is InChI=1S/C13H14N2O5/c16-12(14-7-10(8-14)6-13(17)18)5-9-2-1-3-11(4-9)15(19)20/h1-4,10H,5-8H2,(H,17,18). The Morgan fingerprint density at radius 3 is 2.70 bits per heavy atom. The minimum Gasteiger partial charge on any atom is -0.481 e. The largest absolute Gasteiger partial charge is 0.481 e. The lowest BCUT2D eigenvalue weighted by molar-refractivity contribution is -0.384. The van der Waals surface area contributed by atoms with Crippen molar-refractivity contribution in [3.63, 3.8) is 0 Å². The molecule has 7 heteroatoms. The molecule has 0 aliphatic carbocycles. The van der Waals surface area contributed by atoms with Gasteiger partial charge in [0.05, 0.1) is 17.8 Å². The van der Waals surface area contributed by atoms with Crippen molar-refractivity contribution in [2.75, 3.05) is 13.1 Å². The van der Waals surface area contributed by atoms with Crippen molar-refractivity contribution in [3.8, 4) is 0 Å². The molecule has 7 nitrogen and oxygen atoms in total. The van der Waals surface area contributed by atoms with Crippen molar-refractivity contribution >= 4 is 17.6 Å². The Bertz CT molecular complexity index is 551.